The molecule has 0 bridgehead atoms. The summed E-state index contributed by atoms with van der Waals surface area (Å²) in [5.74, 6) is 0.259. The highest BCUT2D eigenvalue weighted by atomic mass is 35.5. The zero-order chi connectivity index (χ0) is 12.3. The molecule has 0 N–H and O–H groups in total. The lowest BCUT2D eigenvalue weighted by atomic mass is 10.2. The van der Waals surface area contributed by atoms with Crippen molar-refractivity contribution in [2.45, 2.75) is 17.7 Å². The molecule has 3 nitrogen and oxygen atoms in total. The second kappa shape index (κ2) is 5.36. The van der Waals surface area contributed by atoms with E-state index in [4.69, 9.17) is 23.2 Å². The smallest absolute Gasteiger partial charge is 0.207 e. The molecule has 6 heteroatoms. The van der Waals surface area contributed by atoms with E-state index in [-0.39, 0.29) is 15.8 Å². The Labute approximate surface area is 106 Å². The summed E-state index contributed by atoms with van der Waals surface area (Å²) in [5.41, 5.74) is 0.731. The third-order valence-corrected chi connectivity index (χ3v) is 5.01. The maximum absolute atomic E-state index is 12.1. The van der Waals surface area contributed by atoms with Crippen molar-refractivity contribution in [1.82, 2.24) is 4.31 Å². The van der Waals surface area contributed by atoms with Gasteiger partial charge in [0.15, 0.2) is 0 Å². The lowest BCUT2D eigenvalue weighted by Gasteiger charge is -2.16. The summed E-state index contributed by atoms with van der Waals surface area (Å²) in [4.78, 5) is 0.108. The van der Waals surface area contributed by atoms with Gasteiger partial charge in [-0.3, -0.25) is 0 Å². The Balaban J connectivity index is 3.32. The van der Waals surface area contributed by atoms with Crippen LogP contribution in [0.4, 0.5) is 0 Å². The summed E-state index contributed by atoms with van der Waals surface area (Å²) in [7, 11) is -2.00. The summed E-state index contributed by atoms with van der Waals surface area (Å²) >= 11 is 11.6. The number of alkyl halides is 1. The number of halogens is 2. The van der Waals surface area contributed by atoms with E-state index in [1.54, 1.807) is 19.1 Å². The van der Waals surface area contributed by atoms with Crippen LogP contribution in [0.5, 0.6) is 0 Å². The van der Waals surface area contributed by atoms with Crippen LogP contribution in [0.2, 0.25) is 5.02 Å². The Morgan fingerprint density at radius 2 is 2.00 bits per heavy atom. The van der Waals surface area contributed by atoms with Crippen LogP contribution in [-0.4, -0.2) is 26.3 Å². The molecule has 0 aliphatic rings. The third kappa shape index (κ3) is 2.69. The minimum atomic E-state index is -3.51. The van der Waals surface area contributed by atoms with Crippen molar-refractivity contribution in [3.05, 3.63) is 28.8 Å². The Morgan fingerprint density at radius 3 is 2.50 bits per heavy atom. The fourth-order valence-corrected chi connectivity index (χ4v) is 3.03. The molecule has 1 aromatic carbocycles. The van der Waals surface area contributed by atoms with E-state index in [2.05, 4.69) is 0 Å². The minimum absolute atomic E-state index is 0.108. The van der Waals surface area contributed by atoms with Crippen molar-refractivity contribution in [3.8, 4) is 0 Å². The van der Waals surface area contributed by atoms with E-state index in [0.29, 0.717) is 6.54 Å². The number of hydrogen-bond donors (Lipinski definition) is 0. The summed E-state index contributed by atoms with van der Waals surface area (Å²) in [6.07, 6.45) is 0. The van der Waals surface area contributed by atoms with Gasteiger partial charge in [-0.25, -0.2) is 12.7 Å². The van der Waals surface area contributed by atoms with Crippen molar-refractivity contribution in [3.63, 3.8) is 0 Å². The first-order valence-corrected chi connectivity index (χ1v) is 7.09. The van der Waals surface area contributed by atoms with Gasteiger partial charge in [-0.1, -0.05) is 24.6 Å². The number of nitrogens with zero attached hydrogens (tertiary/aromatic N) is 1. The molecular formula is C10H13Cl2NO2S. The van der Waals surface area contributed by atoms with E-state index in [0.717, 1.165) is 5.56 Å². The van der Waals surface area contributed by atoms with Gasteiger partial charge >= 0.3 is 0 Å². The average Bonchev–Trinajstić information content (AvgIpc) is 2.28. The first kappa shape index (κ1) is 13.8. The molecule has 0 unspecified atom stereocenters. The predicted molar refractivity (Wildman–Crippen MR) is 66.5 cm³/mol. The Morgan fingerprint density at radius 1 is 1.38 bits per heavy atom. The number of rotatable bonds is 4. The van der Waals surface area contributed by atoms with Gasteiger partial charge in [-0.2, -0.15) is 0 Å². The highest BCUT2D eigenvalue weighted by Crippen LogP contribution is 2.25. The molecule has 16 heavy (non-hydrogen) atoms. The molecule has 0 saturated carbocycles. The first-order valence-electron chi connectivity index (χ1n) is 4.74. The zero-order valence-corrected chi connectivity index (χ0v) is 11.4. The minimum Gasteiger partial charge on any atom is -0.207 e. The van der Waals surface area contributed by atoms with Gasteiger partial charge in [-0.15, -0.1) is 11.6 Å². The van der Waals surface area contributed by atoms with Crippen LogP contribution in [0.15, 0.2) is 23.1 Å². The van der Waals surface area contributed by atoms with Crippen LogP contribution < -0.4 is 0 Å². The summed E-state index contributed by atoms with van der Waals surface area (Å²) in [5, 5.41) is 0.217. The van der Waals surface area contributed by atoms with Crippen molar-refractivity contribution in [1.29, 1.82) is 0 Å². The number of sulfonamides is 1. The molecule has 0 saturated heterocycles. The fourth-order valence-electron chi connectivity index (χ4n) is 1.17. The standard InChI is InChI=1S/C10H13Cl2NO2S/c1-3-13(2)16(14,15)10-6-8(7-11)4-5-9(10)12/h4-6H,3,7H2,1-2H3. The van der Waals surface area contributed by atoms with Crippen LogP contribution in [0, 0.1) is 0 Å². The molecule has 90 valence electrons. The molecule has 0 radical (unpaired) electrons. The lowest BCUT2D eigenvalue weighted by molar-refractivity contribution is 0.486. The highest BCUT2D eigenvalue weighted by molar-refractivity contribution is 7.89. The van der Waals surface area contributed by atoms with Crippen molar-refractivity contribution in [2.24, 2.45) is 0 Å². The maximum Gasteiger partial charge on any atom is 0.244 e. The van der Waals surface area contributed by atoms with Gasteiger partial charge in [0.2, 0.25) is 10.0 Å². The fraction of sp³-hybridized carbons (Fsp3) is 0.400. The molecule has 0 atom stereocenters. The summed E-state index contributed by atoms with van der Waals surface area (Å²) < 4.78 is 25.3. The van der Waals surface area contributed by atoms with Gasteiger partial charge in [0.05, 0.1) is 5.02 Å². The summed E-state index contributed by atoms with van der Waals surface area (Å²) in [6.45, 7) is 2.15. The van der Waals surface area contributed by atoms with E-state index in [1.807, 2.05) is 0 Å². The second-order valence-electron chi connectivity index (χ2n) is 3.32. The van der Waals surface area contributed by atoms with E-state index < -0.39 is 10.0 Å². The van der Waals surface area contributed by atoms with Crippen molar-refractivity contribution in [2.75, 3.05) is 13.6 Å². The number of hydrogen-bond acceptors (Lipinski definition) is 2. The quantitative estimate of drug-likeness (QED) is 0.796. The van der Waals surface area contributed by atoms with Gasteiger partial charge in [0.1, 0.15) is 4.90 Å². The lowest BCUT2D eigenvalue weighted by Crippen LogP contribution is -2.26. The number of benzene rings is 1. The predicted octanol–water partition coefficient (Wildman–Crippen LogP) is 2.72. The molecule has 0 aromatic heterocycles. The molecule has 0 fully saturated rings. The molecule has 0 aliphatic heterocycles. The van der Waals surface area contributed by atoms with Crippen molar-refractivity contribution >= 4 is 33.2 Å². The molecule has 0 amide bonds. The van der Waals surface area contributed by atoms with Crippen LogP contribution in [-0.2, 0) is 15.9 Å². The van der Waals surface area contributed by atoms with Gasteiger partial charge in [0.25, 0.3) is 0 Å². The van der Waals surface area contributed by atoms with Gasteiger partial charge in [-0.05, 0) is 17.7 Å². The Kier molecular flexibility index (Phi) is 4.62. The summed E-state index contributed by atoms with van der Waals surface area (Å²) in [6, 6.07) is 4.77. The van der Waals surface area contributed by atoms with E-state index in [9.17, 15) is 8.42 Å². The molecule has 0 heterocycles. The van der Waals surface area contributed by atoms with Gasteiger partial charge < -0.3 is 0 Å². The Hall–Kier alpha value is -0.290. The normalized spacial score (nSPS) is 12.1. The average molecular weight is 282 g/mol. The zero-order valence-electron chi connectivity index (χ0n) is 9.07. The molecular weight excluding hydrogens is 269 g/mol. The van der Waals surface area contributed by atoms with Crippen LogP contribution >= 0.6 is 23.2 Å². The van der Waals surface area contributed by atoms with Crippen molar-refractivity contribution < 1.29 is 8.42 Å². The largest absolute Gasteiger partial charge is 0.244 e. The second-order valence-corrected chi connectivity index (χ2v) is 6.01. The van der Waals surface area contributed by atoms with Crippen LogP contribution in [0.1, 0.15) is 12.5 Å². The van der Waals surface area contributed by atoms with Gasteiger partial charge in [0, 0.05) is 19.5 Å². The monoisotopic (exact) mass is 281 g/mol. The maximum atomic E-state index is 12.1. The first-order chi connectivity index (χ1) is 7.43. The molecule has 0 spiro atoms. The topological polar surface area (TPSA) is 37.4 Å². The molecule has 0 aliphatic carbocycles. The SMILES string of the molecule is CCN(C)S(=O)(=O)c1cc(CCl)ccc1Cl. The highest BCUT2D eigenvalue weighted by Gasteiger charge is 2.22. The molecule has 1 rings (SSSR count). The van der Waals surface area contributed by atoms with Crippen LogP contribution in [0.25, 0.3) is 0 Å². The molecule has 1 aromatic rings. The van der Waals surface area contributed by atoms with E-state index in [1.165, 1.54) is 17.4 Å². The van der Waals surface area contributed by atoms with E-state index >= 15 is 0 Å². The Bertz CT molecular complexity index is 474. The third-order valence-electron chi connectivity index (χ3n) is 2.28. The van der Waals surface area contributed by atoms with Crippen LogP contribution in [0.3, 0.4) is 0 Å².